The molecule has 1 amide bonds. The molecule has 0 aliphatic rings. The van der Waals surface area contributed by atoms with E-state index in [0.717, 1.165) is 6.26 Å². The van der Waals surface area contributed by atoms with Crippen molar-refractivity contribution in [2.75, 3.05) is 13.3 Å². The third-order valence-electron chi connectivity index (χ3n) is 2.53. The molecular formula is C11H12N2O3S. The normalized spacial score (nSPS) is 11.6. The summed E-state index contributed by atoms with van der Waals surface area (Å²) < 4.78 is 23.0. The van der Waals surface area contributed by atoms with E-state index in [4.69, 9.17) is 0 Å². The number of nitrogens with one attached hydrogen (secondary N) is 2. The number of aromatic amines is 1. The zero-order valence-electron chi connectivity index (χ0n) is 9.44. The van der Waals surface area contributed by atoms with Crippen molar-refractivity contribution in [2.45, 2.75) is 4.90 Å². The number of fused-ring (bicyclic) bond motifs is 1. The highest BCUT2D eigenvalue weighted by Gasteiger charge is 2.14. The van der Waals surface area contributed by atoms with Crippen LogP contribution in [0.1, 0.15) is 10.4 Å². The molecule has 0 atom stereocenters. The standard InChI is InChI=1S/C11H12N2O3S/c1-12-11(14)7-3-4-8-9(5-7)13-6-10(8)17(2,15)16/h3-6,13H,1-2H3,(H,12,14). The molecule has 0 saturated carbocycles. The largest absolute Gasteiger partial charge is 0.360 e. The lowest BCUT2D eigenvalue weighted by atomic mass is 10.1. The van der Waals surface area contributed by atoms with Gasteiger partial charge < -0.3 is 10.3 Å². The van der Waals surface area contributed by atoms with E-state index < -0.39 is 9.84 Å². The first-order chi connectivity index (χ1) is 7.93. The van der Waals surface area contributed by atoms with Crippen LogP contribution >= 0.6 is 0 Å². The van der Waals surface area contributed by atoms with Crippen LogP contribution in [0.5, 0.6) is 0 Å². The fourth-order valence-corrected chi connectivity index (χ4v) is 2.54. The number of sulfone groups is 1. The van der Waals surface area contributed by atoms with Gasteiger partial charge in [0, 0.05) is 36.0 Å². The number of hydrogen-bond donors (Lipinski definition) is 2. The van der Waals surface area contributed by atoms with Gasteiger partial charge in [0.25, 0.3) is 5.91 Å². The second-order valence-electron chi connectivity index (χ2n) is 3.76. The Morgan fingerprint density at radius 2 is 2.06 bits per heavy atom. The van der Waals surface area contributed by atoms with Crippen molar-refractivity contribution in [1.29, 1.82) is 0 Å². The maximum absolute atomic E-state index is 11.5. The second-order valence-corrected chi connectivity index (χ2v) is 5.75. The van der Waals surface area contributed by atoms with Gasteiger partial charge >= 0.3 is 0 Å². The summed E-state index contributed by atoms with van der Waals surface area (Å²) in [6, 6.07) is 4.86. The lowest BCUT2D eigenvalue weighted by molar-refractivity contribution is 0.0963. The van der Waals surface area contributed by atoms with E-state index in [2.05, 4.69) is 10.3 Å². The Hall–Kier alpha value is -1.82. The van der Waals surface area contributed by atoms with Gasteiger partial charge in [-0.3, -0.25) is 4.79 Å². The summed E-state index contributed by atoms with van der Waals surface area (Å²) in [7, 11) is -1.71. The number of aromatic nitrogens is 1. The van der Waals surface area contributed by atoms with Gasteiger partial charge in [-0.25, -0.2) is 8.42 Å². The lowest BCUT2D eigenvalue weighted by Gasteiger charge is -2.00. The van der Waals surface area contributed by atoms with Crippen LogP contribution in [-0.2, 0) is 9.84 Å². The summed E-state index contributed by atoms with van der Waals surface area (Å²) in [5.74, 6) is -0.206. The Morgan fingerprint density at radius 3 is 2.65 bits per heavy atom. The predicted molar refractivity (Wildman–Crippen MR) is 64.8 cm³/mol. The van der Waals surface area contributed by atoms with Gasteiger partial charge in [0.15, 0.2) is 9.84 Å². The van der Waals surface area contributed by atoms with Gasteiger partial charge in [-0.15, -0.1) is 0 Å². The Bertz CT molecular complexity index is 686. The summed E-state index contributed by atoms with van der Waals surface area (Å²) in [4.78, 5) is 14.5. The van der Waals surface area contributed by atoms with Crippen molar-refractivity contribution in [3.8, 4) is 0 Å². The van der Waals surface area contributed by atoms with Gasteiger partial charge in [-0.2, -0.15) is 0 Å². The van der Waals surface area contributed by atoms with Gasteiger partial charge in [-0.1, -0.05) is 6.07 Å². The summed E-state index contributed by atoms with van der Waals surface area (Å²) in [5, 5.41) is 3.11. The first-order valence-corrected chi connectivity index (χ1v) is 6.86. The Morgan fingerprint density at radius 1 is 1.35 bits per heavy atom. The van der Waals surface area contributed by atoms with E-state index in [1.54, 1.807) is 25.2 Å². The monoisotopic (exact) mass is 252 g/mol. The van der Waals surface area contributed by atoms with Crippen LogP contribution in [0.4, 0.5) is 0 Å². The number of hydrogen-bond acceptors (Lipinski definition) is 3. The number of carbonyl (C=O) groups excluding carboxylic acids is 1. The third-order valence-corrected chi connectivity index (χ3v) is 3.67. The molecule has 0 radical (unpaired) electrons. The van der Waals surface area contributed by atoms with Crippen molar-refractivity contribution in [1.82, 2.24) is 10.3 Å². The van der Waals surface area contributed by atoms with Crippen LogP contribution in [0.3, 0.4) is 0 Å². The molecule has 1 heterocycles. The minimum Gasteiger partial charge on any atom is -0.360 e. The number of benzene rings is 1. The van der Waals surface area contributed by atoms with Crippen LogP contribution in [-0.4, -0.2) is 32.6 Å². The van der Waals surface area contributed by atoms with Crippen LogP contribution in [0.25, 0.3) is 10.9 Å². The summed E-state index contributed by atoms with van der Waals surface area (Å²) in [6.07, 6.45) is 2.59. The molecule has 0 fully saturated rings. The number of amides is 1. The fourth-order valence-electron chi connectivity index (χ4n) is 1.69. The molecule has 0 bridgehead atoms. The molecule has 90 valence electrons. The first-order valence-electron chi connectivity index (χ1n) is 4.97. The molecule has 0 spiro atoms. The maximum Gasteiger partial charge on any atom is 0.251 e. The van der Waals surface area contributed by atoms with Crippen molar-refractivity contribution in [3.63, 3.8) is 0 Å². The second kappa shape index (κ2) is 3.89. The smallest absolute Gasteiger partial charge is 0.251 e. The van der Waals surface area contributed by atoms with Crippen molar-refractivity contribution in [3.05, 3.63) is 30.0 Å². The van der Waals surface area contributed by atoms with Crippen LogP contribution in [0.2, 0.25) is 0 Å². The SMILES string of the molecule is CNC(=O)c1ccc2c(S(C)(=O)=O)c[nH]c2c1. The molecule has 5 nitrogen and oxygen atoms in total. The van der Waals surface area contributed by atoms with Crippen molar-refractivity contribution >= 4 is 26.6 Å². The Labute approximate surface area is 98.8 Å². The highest BCUT2D eigenvalue weighted by atomic mass is 32.2. The predicted octanol–water partition coefficient (Wildman–Crippen LogP) is 0.931. The van der Waals surface area contributed by atoms with Gasteiger partial charge in [0.1, 0.15) is 0 Å². The van der Waals surface area contributed by atoms with Crippen LogP contribution < -0.4 is 5.32 Å². The first kappa shape index (κ1) is 11.7. The molecule has 0 unspecified atom stereocenters. The van der Waals surface area contributed by atoms with E-state index in [-0.39, 0.29) is 10.8 Å². The zero-order chi connectivity index (χ0) is 12.6. The molecule has 2 rings (SSSR count). The molecule has 2 aromatic rings. The molecule has 1 aromatic carbocycles. The topological polar surface area (TPSA) is 79.0 Å². The lowest BCUT2D eigenvalue weighted by Crippen LogP contribution is -2.17. The van der Waals surface area contributed by atoms with E-state index in [1.165, 1.54) is 6.20 Å². The van der Waals surface area contributed by atoms with Crippen molar-refractivity contribution < 1.29 is 13.2 Å². The quantitative estimate of drug-likeness (QED) is 0.834. The molecule has 0 aliphatic carbocycles. The molecule has 0 saturated heterocycles. The van der Waals surface area contributed by atoms with Gasteiger partial charge in [0.2, 0.25) is 0 Å². The molecule has 1 aromatic heterocycles. The Balaban J connectivity index is 2.64. The fraction of sp³-hybridized carbons (Fsp3) is 0.182. The summed E-state index contributed by atoms with van der Waals surface area (Å²) >= 11 is 0. The van der Waals surface area contributed by atoms with Gasteiger partial charge in [0.05, 0.1) is 4.90 Å². The van der Waals surface area contributed by atoms with Crippen molar-refractivity contribution in [2.24, 2.45) is 0 Å². The number of rotatable bonds is 2. The van der Waals surface area contributed by atoms with Crippen LogP contribution in [0.15, 0.2) is 29.3 Å². The van der Waals surface area contributed by atoms with E-state index in [0.29, 0.717) is 16.5 Å². The minimum atomic E-state index is -3.26. The highest BCUT2D eigenvalue weighted by molar-refractivity contribution is 7.91. The number of H-pyrrole nitrogens is 1. The average molecular weight is 252 g/mol. The zero-order valence-corrected chi connectivity index (χ0v) is 10.3. The molecule has 0 aliphatic heterocycles. The maximum atomic E-state index is 11.5. The van der Waals surface area contributed by atoms with Gasteiger partial charge in [-0.05, 0) is 12.1 Å². The molecule has 17 heavy (non-hydrogen) atoms. The summed E-state index contributed by atoms with van der Waals surface area (Å²) in [5.41, 5.74) is 1.12. The highest BCUT2D eigenvalue weighted by Crippen LogP contribution is 2.23. The Kier molecular flexibility index (Phi) is 2.66. The molecule has 6 heteroatoms. The minimum absolute atomic E-state index is 0.206. The van der Waals surface area contributed by atoms with E-state index in [1.807, 2.05) is 0 Å². The number of carbonyl (C=O) groups is 1. The molecular weight excluding hydrogens is 240 g/mol. The third kappa shape index (κ3) is 2.03. The molecule has 2 N–H and O–H groups in total. The van der Waals surface area contributed by atoms with Crippen LogP contribution in [0, 0.1) is 0 Å². The summed E-state index contributed by atoms with van der Waals surface area (Å²) in [6.45, 7) is 0. The average Bonchev–Trinajstić information content (AvgIpc) is 2.70. The van der Waals surface area contributed by atoms with E-state index >= 15 is 0 Å². The van der Waals surface area contributed by atoms with E-state index in [9.17, 15) is 13.2 Å².